The summed E-state index contributed by atoms with van der Waals surface area (Å²) in [5.41, 5.74) is 0.414. The van der Waals surface area contributed by atoms with Gasteiger partial charge >= 0.3 is 13.8 Å². The second kappa shape index (κ2) is 14.3. The SMILES string of the molecule is CC1=C2C(=O)OC[C@@H]2CO[P@@](=O)(OCCCCCCCCCCCCCCC(C)O)O1. The van der Waals surface area contributed by atoms with Gasteiger partial charge in [-0.2, -0.15) is 0 Å². The van der Waals surface area contributed by atoms with E-state index in [-0.39, 0.29) is 31.0 Å². The number of carbonyl (C=O) groups is 1. The molecule has 0 aromatic carbocycles. The molecule has 180 valence electrons. The number of unbranched alkanes of at least 4 members (excludes halogenated alkanes) is 11. The lowest BCUT2D eigenvalue weighted by Gasteiger charge is -2.17. The van der Waals surface area contributed by atoms with E-state index in [1.54, 1.807) is 6.92 Å². The first-order chi connectivity index (χ1) is 14.9. The van der Waals surface area contributed by atoms with Gasteiger partial charge < -0.3 is 14.4 Å². The lowest BCUT2D eigenvalue weighted by atomic mass is 10.0. The molecule has 1 saturated heterocycles. The van der Waals surface area contributed by atoms with Crippen molar-refractivity contribution in [1.82, 2.24) is 0 Å². The zero-order chi connectivity index (χ0) is 22.5. The monoisotopic (exact) mass is 460 g/mol. The molecule has 0 spiro atoms. The Morgan fingerprint density at radius 3 is 2.10 bits per heavy atom. The number of esters is 1. The quantitative estimate of drug-likeness (QED) is 0.170. The van der Waals surface area contributed by atoms with Gasteiger partial charge in [-0.25, -0.2) is 9.36 Å². The number of aliphatic hydroxyl groups is 1. The van der Waals surface area contributed by atoms with E-state index >= 15 is 0 Å². The topological polar surface area (TPSA) is 91.3 Å². The first kappa shape index (κ1) is 26.4. The van der Waals surface area contributed by atoms with E-state index in [1.165, 1.54) is 51.4 Å². The molecule has 0 aromatic rings. The molecule has 1 N–H and O–H groups in total. The summed E-state index contributed by atoms with van der Waals surface area (Å²) >= 11 is 0. The Labute approximate surface area is 187 Å². The standard InChI is InChI=1S/C23H41O7P/c1-19(24)15-13-11-9-7-5-3-4-6-8-10-12-14-16-28-31(26)29-18-21-17-27-23(25)22(21)20(2)30-31/h19,21,24H,3-18H2,1-2H3/t19?,21-,31-/m1/s1. The van der Waals surface area contributed by atoms with Gasteiger partial charge in [-0.3, -0.25) is 9.05 Å². The zero-order valence-electron chi connectivity index (χ0n) is 19.3. The lowest BCUT2D eigenvalue weighted by molar-refractivity contribution is -0.135. The number of aliphatic hydroxyl groups excluding tert-OH is 1. The molecule has 0 aromatic heterocycles. The van der Waals surface area contributed by atoms with Crippen LogP contribution in [0.5, 0.6) is 0 Å². The van der Waals surface area contributed by atoms with Crippen LogP contribution in [0.15, 0.2) is 11.3 Å². The Kier molecular flexibility index (Phi) is 12.2. The number of hydrogen-bond acceptors (Lipinski definition) is 7. The van der Waals surface area contributed by atoms with Crippen LogP contribution in [-0.4, -0.2) is 37.0 Å². The van der Waals surface area contributed by atoms with Crippen molar-refractivity contribution in [2.45, 2.75) is 103 Å². The molecule has 31 heavy (non-hydrogen) atoms. The molecule has 2 aliphatic rings. The van der Waals surface area contributed by atoms with Gasteiger partial charge in [-0.05, 0) is 26.7 Å². The van der Waals surface area contributed by atoms with E-state index in [0.29, 0.717) is 12.2 Å². The van der Waals surface area contributed by atoms with Crippen molar-refractivity contribution in [1.29, 1.82) is 0 Å². The van der Waals surface area contributed by atoms with Crippen molar-refractivity contribution in [2.24, 2.45) is 5.92 Å². The Balaban J connectivity index is 1.43. The van der Waals surface area contributed by atoms with Crippen LogP contribution in [0.3, 0.4) is 0 Å². The van der Waals surface area contributed by atoms with Crippen LogP contribution in [0.25, 0.3) is 0 Å². The molecule has 3 atom stereocenters. The van der Waals surface area contributed by atoms with Crippen molar-refractivity contribution < 1.29 is 32.8 Å². The maximum Gasteiger partial charge on any atom is 0.529 e. The van der Waals surface area contributed by atoms with Crippen molar-refractivity contribution in [3.8, 4) is 0 Å². The molecule has 0 saturated carbocycles. The Hall–Kier alpha value is -0.880. The molecule has 2 aliphatic heterocycles. The number of ether oxygens (including phenoxy) is 1. The van der Waals surface area contributed by atoms with E-state index in [4.69, 9.17) is 18.3 Å². The van der Waals surface area contributed by atoms with Gasteiger partial charge in [-0.1, -0.05) is 70.6 Å². The Morgan fingerprint density at radius 1 is 0.968 bits per heavy atom. The van der Waals surface area contributed by atoms with Crippen LogP contribution in [0.1, 0.15) is 97.3 Å². The molecular formula is C23H41O7P. The lowest BCUT2D eigenvalue weighted by Crippen LogP contribution is -2.10. The highest BCUT2D eigenvalue weighted by Crippen LogP contribution is 2.54. The van der Waals surface area contributed by atoms with E-state index < -0.39 is 13.8 Å². The third-order valence-electron chi connectivity index (χ3n) is 5.87. The predicted octanol–water partition coefficient (Wildman–Crippen LogP) is 6.06. The van der Waals surface area contributed by atoms with Gasteiger partial charge in [0.15, 0.2) is 0 Å². The average molecular weight is 461 g/mol. The minimum absolute atomic E-state index is 0.109. The maximum absolute atomic E-state index is 12.7. The summed E-state index contributed by atoms with van der Waals surface area (Å²) in [6.07, 6.45) is 15.1. The molecule has 1 unspecified atom stereocenters. The summed E-state index contributed by atoms with van der Waals surface area (Å²) in [5.74, 6) is -0.373. The first-order valence-electron chi connectivity index (χ1n) is 12.1. The van der Waals surface area contributed by atoms with Gasteiger partial charge in [0, 0.05) is 0 Å². The zero-order valence-corrected chi connectivity index (χ0v) is 20.2. The van der Waals surface area contributed by atoms with Gasteiger partial charge in [0.2, 0.25) is 0 Å². The Bertz CT molecular complexity index is 617. The van der Waals surface area contributed by atoms with Gasteiger partial charge in [0.1, 0.15) is 12.4 Å². The molecule has 2 rings (SSSR count). The van der Waals surface area contributed by atoms with Crippen LogP contribution >= 0.6 is 7.82 Å². The molecule has 0 bridgehead atoms. The van der Waals surface area contributed by atoms with Crippen molar-refractivity contribution >= 4 is 13.8 Å². The third-order valence-corrected chi connectivity index (χ3v) is 7.33. The smallest absolute Gasteiger partial charge is 0.461 e. The van der Waals surface area contributed by atoms with E-state index in [9.17, 15) is 14.5 Å². The normalized spacial score (nSPS) is 24.5. The maximum atomic E-state index is 12.7. The predicted molar refractivity (Wildman–Crippen MR) is 119 cm³/mol. The minimum atomic E-state index is -3.66. The summed E-state index contributed by atoms with van der Waals surface area (Å²) < 4.78 is 33.9. The largest absolute Gasteiger partial charge is 0.529 e. The van der Waals surface area contributed by atoms with Gasteiger partial charge in [-0.15, -0.1) is 0 Å². The third kappa shape index (κ3) is 10.1. The molecule has 8 heteroatoms. The van der Waals surface area contributed by atoms with Gasteiger partial charge in [0.05, 0.1) is 30.8 Å². The number of cyclic esters (lactones) is 1. The van der Waals surface area contributed by atoms with Crippen molar-refractivity contribution in [2.75, 3.05) is 19.8 Å². The fourth-order valence-electron chi connectivity index (χ4n) is 4.04. The average Bonchev–Trinajstić information content (AvgIpc) is 3.03. The van der Waals surface area contributed by atoms with E-state index in [2.05, 4.69) is 0 Å². The fraction of sp³-hybridized carbons (Fsp3) is 0.870. The number of fused-ring (bicyclic) bond motifs is 1. The van der Waals surface area contributed by atoms with E-state index in [0.717, 1.165) is 32.1 Å². The molecular weight excluding hydrogens is 419 g/mol. The first-order valence-corrected chi connectivity index (χ1v) is 13.5. The highest BCUT2D eigenvalue weighted by Gasteiger charge is 2.42. The molecule has 0 aliphatic carbocycles. The van der Waals surface area contributed by atoms with Crippen LogP contribution in [0.4, 0.5) is 0 Å². The summed E-state index contributed by atoms with van der Waals surface area (Å²) in [6.45, 7) is 4.14. The number of allylic oxidation sites excluding steroid dienone is 1. The molecule has 2 heterocycles. The van der Waals surface area contributed by atoms with Crippen LogP contribution < -0.4 is 0 Å². The number of hydrogen-bond donors (Lipinski definition) is 1. The molecule has 0 amide bonds. The number of rotatable bonds is 16. The summed E-state index contributed by atoms with van der Waals surface area (Å²) in [5, 5.41) is 9.22. The van der Waals surface area contributed by atoms with Gasteiger partial charge in [0.25, 0.3) is 0 Å². The van der Waals surface area contributed by atoms with Crippen molar-refractivity contribution in [3.63, 3.8) is 0 Å². The molecule has 0 radical (unpaired) electrons. The highest BCUT2D eigenvalue weighted by atomic mass is 31.2. The number of carbonyl (C=O) groups excluding carboxylic acids is 1. The molecule has 1 fully saturated rings. The second-order valence-corrected chi connectivity index (χ2v) is 10.4. The van der Waals surface area contributed by atoms with Crippen LogP contribution in [0.2, 0.25) is 0 Å². The van der Waals surface area contributed by atoms with Crippen molar-refractivity contribution in [3.05, 3.63) is 11.3 Å². The van der Waals surface area contributed by atoms with Crippen LogP contribution in [0, 0.1) is 5.92 Å². The minimum Gasteiger partial charge on any atom is -0.461 e. The molecule has 7 nitrogen and oxygen atoms in total. The number of phosphoric acid groups is 1. The summed E-state index contributed by atoms with van der Waals surface area (Å²) in [4.78, 5) is 11.7. The van der Waals surface area contributed by atoms with E-state index in [1.807, 2.05) is 6.92 Å². The summed E-state index contributed by atoms with van der Waals surface area (Å²) in [7, 11) is -3.66. The Morgan fingerprint density at radius 2 is 1.52 bits per heavy atom. The fourth-order valence-corrected chi connectivity index (χ4v) is 5.37. The van der Waals surface area contributed by atoms with Crippen LogP contribution in [-0.2, 0) is 27.7 Å². The highest BCUT2D eigenvalue weighted by molar-refractivity contribution is 7.48. The summed E-state index contributed by atoms with van der Waals surface area (Å²) in [6, 6.07) is 0. The second-order valence-electron chi connectivity index (χ2n) is 8.81. The number of phosphoric ester groups is 1.